The minimum Gasteiger partial charge on any atom is -0.478 e. The predicted molar refractivity (Wildman–Crippen MR) is 68.3 cm³/mol. The molecule has 7 heteroatoms. The Morgan fingerprint density at radius 2 is 2.16 bits per heavy atom. The van der Waals surface area contributed by atoms with Gasteiger partial charge in [0.15, 0.2) is 5.03 Å². The van der Waals surface area contributed by atoms with Gasteiger partial charge in [0.05, 0.1) is 5.56 Å². The van der Waals surface area contributed by atoms with E-state index in [4.69, 9.17) is 5.11 Å². The molecule has 1 aliphatic carbocycles. The average molecular weight is 284 g/mol. The molecule has 1 aliphatic rings. The molecule has 0 aromatic carbocycles. The van der Waals surface area contributed by atoms with E-state index in [1.165, 1.54) is 23.5 Å². The monoisotopic (exact) mass is 284 g/mol. The van der Waals surface area contributed by atoms with Crippen molar-refractivity contribution in [3.63, 3.8) is 0 Å². The van der Waals surface area contributed by atoms with Crippen LogP contribution in [0.5, 0.6) is 0 Å². The van der Waals surface area contributed by atoms with Crippen LogP contribution in [-0.4, -0.2) is 42.4 Å². The molecule has 0 saturated heterocycles. The first kappa shape index (κ1) is 14.0. The quantitative estimate of drug-likeness (QED) is 0.873. The molecule has 2 atom stereocenters. The zero-order valence-electron chi connectivity index (χ0n) is 10.8. The van der Waals surface area contributed by atoms with Crippen LogP contribution in [0.2, 0.25) is 0 Å². The highest BCUT2D eigenvalue weighted by Crippen LogP contribution is 2.38. The van der Waals surface area contributed by atoms with Crippen LogP contribution in [0.3, 0.4) is 0 Å². The first-order valence-electron chi connectivity index (χ1n) is 5.98. The van der Waals surface area contributed by atoms with Gasteiger partial charge >= 0.3 is 5.97 Å². The average Bonchev–Trinajstić information content (AvgIpc) is 3.04. The van der Waals surface area contributed by atoms with Gasteiger partial charge in [-0.05, 0) is 30.4 Å². The SMILES string of the molecule is CC1CC1CN(C)S(=O)(=O)c1ccc(C(=O)O)cn1. The van der Waals surface area contributed by atoms with Crippen LogP contribution in [0.4, 0.5) is 0 Å². The van der Waals surface area contributed by atoms with Crippen molar-refractivity contribution in [2.45, 2.75) is 18.4 Å². The summed E-state index contributed by atoms with van der Waals surface area (Å²) in [5.41, 5.74) is -0.0302. The van der Waals surface area contributed by atoms with Crippen molar-refractivity contribution in [1.82, 2.24) is 9.29 Å². The molecule has 2 rings (SSSR count). The van der Waals surface area contributed by atoms with E-state index in [0.717, 1.165) is 12.6 Å². The van der Waals surface area contributed by atoms with Gasteiger partial charge in [0.2, 0.25) is 0 Å². The number of hydrogen-bond donors (Lipinski definition) is 1. The molecule has 2 unspecified atom stereocenters. The molecular weight excluding hydrogens is 268 g/mol. The van der Waals surface area contributed by atoms with Crippen LogP contribution >= 0.6 is 0 Å². The van der Waals surface area contributed by atoms with Crippen molar-refractivity contribution < 1.29 is 18.3 Å². The normalized spacial score (nSPS) is 22.5. The van der Waals surface area contributed by atoms with Crippen LogP contribution in [0.15, 0.2) is 23.4 Å². The summed E-state index contributed by atoms with van der Waals surface area (Å²) in [4.78, 5) is 14.4. The second-order valence-electron chi connectivity index (χ2n) is 4.95. The molecule has 0 radical (unpaired) electrons. The zero-order chi connectivity index (χ0) is 14.2. The highest BCUT2D eigenvalue weighted by Gasteiger charge is 2.36. The van der Waals surface area contributed by atoms with Crippen LogP contribution in [0.1, 0.15) is 23.7 Å². The topological polar surface area (TPSA) is 87.6 Å². The number of carboxylic acids is 1. The first-order valence-corrected chi connectivity index (χ1v) is 7.42. The lowest BCUT2D eigenvalue weighted by atomic mass is 10.3. The van der Waals surface area contributed by atoms with Crippen LogP contribution in [0, 0.1) is 11.8 Å². The van der Waals surface area contributed by atoms with Crippen molar-refractivity contribution in [3.05, 3.63) is 23.9 Å². The fraction of sp³-hybridized carbons (Fsp3) is 0.500. The summed E-state index contributed by atoms with van der Waals surface area (Å²) in [6.45, 7) is 2.57. The van der Waals surface area contributed by atoms with Gasteiger partial charge in [0.25, 0.3) is 10.0 Å². The van der Waals surface area contributed by atoms with E-state index >= 15 is 0 Å². The molecule has 0 aliphatic heterocycles. The Bertz CT molecular complexity index is 582. The number of aromatic carboxylic acids is 1. The molecular formula is C12H16N2O4S. The highest BCUT2D eigenvalue weighted by molar-refractivity contribution is 7.89. The summed E-state index contributed by atoms with van der Waals surface area (Å²) < 4.78 is 25.7. The number of nitrogens with zero attached hydrogens (tertiary/aromatic N) is 2. The number of carbonyl (C=O) groups is 1. The standard InChI is InChI=1S/C12H16N2O4S/c1-8-5-10(8)7-14(2)19(17,18)11-4-3-9(6-13-11)12(15)16/h3-4,6,8,10H,5,7H2,1-2H3,(H,15,16). The molecule has 1 fully saturated rings. The van der Waals surface area contributed by atoms with E-state index in [0.29, 0.717) is 18.4 Å². The molecule has 104 valence electrons. The fourth-order valence-corrected chi connectivity index (χ4v) is 3.03. The maximum Gasteiger partial charge on any atom is 0.337 e. The molecule has 1 heterocycles. The van der Waals surface area contributed by atoms with Gasteiger partial charge in [0.1, 0.15) is 0 Å². The van der Waals surface area contributed by atoms with E-state index in [2.05, 4.69) is 11.9 Å². The van der Waals surface area contributed by atoms with Crippen molar-refractivity contribution in [1.29, 1.82) is 0 Å². The second-order valence-corrected chi connectivity index (χ2v) is 6.94. The summed E-state index contributed by atoms with van der Waals surface area (Å²) in [6.07, 6.45) is 2.11. The summed E-state index contributed by atoms with van der Waals surface area (Å²) in [7, 11) is -2.11. The summed E-state index contributed by atoms with van der Waals surface area (Å²) in [5, 5.41) is 8.63. The van der Waals surface area contributed by atoms with Gasteiger partial charge in [-0.25, -0.2) is 18.2 Å². The Kier molecular flexibility index (Phi) is 3.60. The van der Waals surface area contributed by atoms with Crippen LogP contribution in [-0.2, 0) is 10.0 Å². The van der Waals surface area contributed by atoms with Crippen molar-refractivity contribution >= 4 is 16.0 Å². The minimum absolute atomic E-state index is 0.0302. The van der Waals surface area contributed by atoms with E-state index in [1.54, 1.807) is 0 Å². The second kappa shape index (κ2) is 4.90. The largest absolute Gasteiger partial charge is 0.478 e. The Hall–Kier alpha value is -1.47. The van der Waals surface area contributed by atoms with Gasteiger partial charge in [0, 0.05) is 19.8 Å². The zero-order valence-corrected chi connectivity index (χ0v) is 11.6. The molecule has 6 nitrogen and oxygen atoms in total. The van der Waals surface area contributed by atoms with Gasteiger partial charge < -0.3 is 5.11 Å². The number of aromatic nitrogens is 1. The van der Waals surface area contributed by atoms with Crippen LogP contribution < -0.4 is 0 Å². The lowest BCUT2D eigenvalue weighted by Crippen LogP contribution is -2.30. The maximum atomic E-state index is 12.2. The smallest absolute Gasteiger partial charge is 0.337 e. The van der Waals surface area contributed by atoms with Gasteiger partial charge in [-0.2, -0.15) is 4.31 Å². The van der Waals surface area contributed by atoms with E-state index in [-0.39, 0.29) is 10.6 Å². The minimum atomic E-state index is -3.63. The lowest BCUT2D eigenvalue weighted by molar-refractivity contribution is 0.0696. The lowest BCUT2D eigenvalue weighted by Gasteiger charge is -2.16. The summed E-state index contributed by atoms with van der Waals surface area (Å²) in [6, 6.07) is 2.47. The molecule has 0 bridgehead atoms. The Labute approximate surface area is 112 Å². The Morgan fingerprint density at radius 1 is 1.53 bits per heavy atom. The molecule has 1 aromatic heterocycles. The van der Waals surface area contributed by atoms with Crippen molar-refractivity contribution in [3.8, 4) is 0 Å². The number of carboxylic acid groups (broad SMARTS) is 1. The first-order chi connectivity index (χ1) is 8.82. The third-order valence-corrected chi connectivity index (χ3v) is 5.17. The molecule has 1 aromatic rings. The molecule has 1 saturated carbocycles. The van der Waals surface area contributed by atoms with Gasteiger partial charge in [-0.3, -0.25) is 0 Å². The molecule has 0 spiro atoms. The van der Waals surface area contributed by atoms with Crippen molar-refractivity contribution in [2.24, 2.45) is 11.8 Å². The summed E-state index contributed by atoms with van der Waals surface area (Å²) >= 11 is 0. The van der Waals surface area contributed by atoms with E-state index in [9.17, 15) is 13.2 Å². The Balaban J connectivity index is 2.16. The third-order valence-electron chi connectivity index (χ3n) is 3.43. The Morgan fingerprint density at radius 3 is 2.58 bits per heavy atom. The van der Waals surface area contributed by atoms with Gasteiger partial charge in [-0.1, -0.05) is 6.92 Å². The predicted octanol–water partition coefficient (Wildman–Crippen LogP) is 1.06. The summed E-state index contributed by atoms with van der Waals surface area (Å²) in [5.74, 6) is -0.144. The molecule has 0 amide bonds. The number of hydrogen-bond acceptors (Lipinski definition) is 4. The van der Waals surface area contributed by atoms with Crippen molar-refractivity contribution in [2.75, 3.05) is 13.6 Å². The van der Waals surface area contributed by atoms with E-state index < -0.39 is 16.0 Å². The van der Waals surface area contributed by atoms with E-state index in [1.807, 2.05) is 0 Å². The number of sulfonamides is 1. The molecule has 1 N–H and O–H groups in total. The fourth-order valence-electron chi connectivity index (χ4n) is 1.90. The van der Waals surface area contributed by atoms with Gasteiger partial charge in [-0.15, -0.1) is 0 Å². The maximum absolute atomic E-state index is 12.2. The van der Waals surface area contributed by atoms with Crippen LogP contribution in [0.25, 0.3) is 0 Å². The third kappa shape index (κ3) is 2.93. The molecule has 19 heavy (non-hydrogen) atoms. The highest BCUT2D eigenvalue weighted by atomic mass is 32.2. The number of rotatable bonds is 5. The number of pyridine rings is 1.